The van der Waals surface area contributed by atoms with Gasteiger partial charge in [-0.2, -0.15) is 4.72 Å². The lowest BCUT2D eigenvalue weighted by Gasteiger charge is -2.18. The van der Waals surface area contributed by atoms with E-state index in [4.69, 9.17) is 16.3 Å². The summed E-state index contributed by atoms with van der Waals surface area (Å²) < 4.78 is 31.9. The number of carbonyl (C=O) groups excluding carboxylic acids is 2. The molecule has 0 aliphatic heterocycles. The number of hydrogen-bond donors (Lipinski definition) is 2. The normalized spacial score (nSPS) is 13.2. The molecule has 0 aliphatic rings. The van der Waals surface area contributed by atoms with Crippen LogP contribution < -0.4 is 10.0 Å². The minimum absolute atomic E-state index is 0.0242. The van der Waals surface area contributed by atoms with E-state index in [1.165, 1.54) is 38.1 Å². The van der Waals surface area contributed by atoms with E-state index in [0.29, 0.717) is 0 Å². The Morgan fingerprint density at radius 1 is 1.13 bits per heavy atom. The van der Waals surface area contributed by atoms with Gasteiger partial charge < -0.3 is 10.1 Å². The molecule has 2 atom stereocenters. The Kier molecular flexibility index (Phi) is 7.71. The van der Waals surface area contributed by atoms with Gasteiger partial charge in [0.25, 0.3) is 11.6 Å². The number of ether oxygens (including phenoxy) is 1. The second-order valence-corrected chi connectivity index (χ2v) is 8.77. The molecule has 0 bridgehead atoms. The number of sulfonamides is 1. The number of nitro groups is 1. The summed E-state index contributed by atoms with van der Waals surface area (Å²) in [5, 5.41) is 13.3. The van der Waals surface area contributed by atoms with Gasteiger partial charge in [-0.25, -0.2) is 8.42 Å². The Morgan fingerprint density at radius 3 is 2.32 bits per heavy atom. The van der Waals surface area contributed by atoms with Crippen LogP contribution in [-0.4, -0.2) is 37.4 Å². The molecule has 0 unspecified atom stereocenters. The van der Waals surface area contributed by atoms with E-state index in [2.05, 4.69) is 10.0 Å². The van der Waals surface area contributed by atoms with Crippen molar-refractivity contribution in [3.8, 4) is 0 Å². The Morgan fingerprint density at radius 2 is 1.74 bits per heavy atom. The molecule has 2 aromatic rings. The molecule has 2 rings (SSSR count). The number of benzene rings is 2. The maximum Gasteiger partial charge on any atom is 0.324 e. The molecule has 0 aliphatic carbocycles. The third-order valence-electron chi connectivity index (χ3n) is 4.10. The lowest BCUT2D eigenvalue weighted by atomic mass is 10.2. The molecule has 1 amide bonds. The van der Waals surface area contributed by atoms with Crippen molar-refractivity contribution in [3.63, 3.8) is 0 Å². The number of hydrogen-bond acceptors (Lipinski definition) is 7. The number of esters is 1. The van der Waals surface area contributed by atoms with Crippen LogP contribution in [0.5, 0.6) is 0 Å². The van der Waals surface area contributed by atoms with Crippen molar-refractivity contribution >= 4 is 44.9 Å². The maximum absolute atomic E-state index is 12.4. The van der Waals surface area contributed by atoms with Crippen LogP contribution in [0, 0.1) is 17.0 Å². The van der Waals surface area contributed by atoms with Gasteiger partial charge in [-0.1, -0.05) is 29.3 Å². The Labute approximate surface area is 183 Å². The third kappa shape index (κ3) is 6.48. The average Bonchev–Trinajstić information content (AvgIpc) is 2.69. The van der Waals surface area contributed by atoms with Gasteiger partial charge in [-0.05, 0) is 39.0 Å². The van der Waals surface area contributed by atoms with Gasteiger partial charge in [0.1, 0.15) is 6.04 Å². The highest BCUT2D eigenvalue weighted by molar-refractivity contribution is 7.89. The molecule has 2 aromatic carbocycles. The lowest BCUT2D eigenvalue weighted by Crippen LogP contribution is -2.42. The van der Waals surface area contributed by atoms with Crippen LogP contribution in [0.15, 0.2) is 47.4 Å². The fourth-order valence-electron chi connectivity index (χ4n) is 2.35. The van der Waals surface area contributed by atoms with Crippen molar-refractivity contribution in [2.45, 2.75) is 37.8 Å². The number of carbonyl (C=O) groups is 2. The van der Waals surface area contributed by atoms with Gasteiger partial charge in [0.05, 0.1) is 20.5 Å². The summed E-state index contributed by atoms with van der Waals surface area (Å²) in [6.45, 7) is 4.34. The second kappa shape index (κ2) is 9.86. The zero-order valence-electron chi connectivity index (χ0n) is 16.8. The number of amides is 1. The molecule has 12 heteroatoms. The summed E-state index contributed by atoms with van der Waals surface area (Å²) in [5.41, 5.74) is 0.551. The smallest absolute Gasteiger partial charge is 0.324 e. The van der Waals surface area contributed by atoms with Crippen LogP contribution >= 0.6 is 11.6 Å². The molecule has 0 saturated heterocycles. The van der Waals surface area contributed by atoms with E-state index in [9.17, 15) is 28.1 Å². The summed E-state index contributed by atoms with van der Waals surface area (Å²) in [5.74, 6) is -1.78. The first kappa shape index (κ1) is 24.3. The van der Waals surface area contributed by atoms with Crippen molar-refractivity contribution in [1.29, 1.82) is 0 Å². The molecule has 0 heterocycles. The SMILES string of the molecule is Cc1ccc(S(=O)(=O)N[C@H](C)C(=O)O[C@@H](C)C(=O)Nc2cc([N+](=O)[O-])ccc2Cl)cc1. The van der Waals surface area contributed by atoms with Crippen LogP contribution in [-0.2, 0) is 24.3 Å². The fourth-order valence-corrected chi connectivity index (χ4v) is 3.71. The number of halogens is 1. The second-order valence-electron chi connectivity index (χ2n) is 6.65. The maximum atomic E-state index is 12.4. The monoisotopic (exact) mass is 469 g/mol. The number of anilines is 1. The zero-order chi connectivity index (χ0) is 23.3. The zero-order valence-corrected chi connectivity index (χ0v) is 18.4. The molecule has 31 heavy (non-hydrogen) atoms. The molecule has 0 fully saturated rings. The molecule has 0 aromatic heterocycles. The fraction of sp³-hybridized carbons (Fsp3) is 0.263. The highest BCUT2D eigenvalue weighted by Crippen LogP contribution is 2.26. The van der Waals surface area contributed by atoms with Crippen LogP contribution in [0.3, 0.4) is 0 Å². The minimum atomic E-state index is -3.98. The van der Waals surface area contributed by atoms with Crippen LogP contribution in [0.4, 0.5) is 11.4 Å². The van der Waals surface area contributed by atoms with E-state index in [1.54, 1.807) is 19.1 Å². The number of nitrogens with one attached hydrogen (secondary N) is 2. The van der Waals surface area contributed by atoms with E-state index in [0.717, 1.165) is 11.6 Å². The van der Waals surface area contributed by atoms with Gasteiger partial charge in [-0.15, -0.1) is 0 Å². The van der Waals surface area contributed by atoms with Crippen molar-refractivity contribution < 1.29 is 27.7 Å². The number of aryl methyl sites for hydroxylation is 1. The molecule has 0 spiro atoms. The van der Waals surface area contributed by atoms with Gasteiger partial charge in [0, 0.05) is 12.1 Å². The Balaban J connectivity index is 2.01. The highest BCUT2D eigenvalue weighted by Gasteiger charge is 2.27. The largest absolute Gasteiger partial charge is 0.451 e. The number of rotatable bonds is 8. The molecular weight excluding hydrogens is 450 g/mol. The van der Waals surface area contributed by atoms with Crippen molar-refractivity contribution in [3.05, 3.63) is 63.2 Å². The van der Waals surface area contributed by atoms with Crippen molar-refractivity contribution in [2.75, 3.05) is 5.32 Å². The number of nitro benzene ring substituents is 1. The number of nitrogens with zero attached hydrogens (tertiary/aromatic N) is 1. The summed E-state index contributed by atoms with van der Waals surface area (Å²) in [6.07, 6.45) is -1.32. The number of non-ortho nitro benzene ring substituents is 1. The van der Waals surface area contributed by atoms with E-state index in [-0.39, 0.29) is 21.3 Å². The lowest BCUT2D eigenvalue weighted by molar-refractivity contribution is -0.384. The molecule has 2 N–H and O–H groups in total. The van der Waals surface area contributed by atoms with Gasteiger partial charge in [-0.3, -0.25) is 19.7 Å². The molecular formula is C19H20ClN3O7S. The predicted molar refractivity (Wildman–Crippen MR) is 113 cm³/mol. The van der Waals surface area contributed by atoms with Crippen LogP contribution in [0.2, 0.25) is 5.02 Å². The Hall–Kier alpha value is -3.02. The van der Waals surface area contributed by atoms with Crippen LogP contribution in [0.1, 0.15) is 19.4 Å². The van der Waals surface area contributed by atoms with Crippen molar-refractivity contribution in [2.24, 2.45) is 0 Å². The Bertz CT molecular complexity index is 1100. The van der Waals surface area contributed by atoms with Crippen molar-refractivity contribution in [1.82, 2.24) is 4.72 Å². The molecule has 10 nitrogen and oxygen atoms in total. The van der Waals surface area contributed by atoms with Gasteiger partial charge >= 0.3 is 5.97 Å². The van der Waals surface area contributed by atoms with Crippen LogP contribution in [0.25, 0.3) is 0 Å². The van der Waals surface area contributed by atoms with E-state index >= 15 is 0 Å². The first-order chi connectivity index (χ1) is 14.4. The summed E-state index contributed by atoms with van der Waals surface area (Å²) in [6, 6.07) is 8.22. The standard InChI is InChI=1S/C19H20ClN3O7S/c1-11-4-7-15(8-5-11)31(28,29)22-12(2)19(25)30-13(3)18(24)21-17-10-14(23(26)27)6-9-16(17)20/h4-10,12-13,22H,1-3H3,(H,21,24)/t12-,13+/m1/s1. The van der Waals surface area contributed by atoms with Gasteiger partial charge in [0.15, 0.2) is 6.10 Å². The quantitative estimate of drug-likeness (QED) is 0.343. The average molecular weight is 470 g/mol. The molecule has 0 saturated carbocycles. The predicted octanol–water partition coefficient (Wildman–Crippen LogP) is 2.79. The first-order valence-corrected chi connectivity index (χ1v) is 10.8. The summed E-state index contributed by atoms with van der Waals surface area (Å²) in [4.78, 5) is 34.7. The highest BCUT2D eigenvalue weighted by atomic mass is 35.5. The van der Waals surface area contributed by atoms with Gasteiger partial charge in [0.2, 0.25) is 10.0 Å². The summed E-state index contributed by atoms with van der Waals surface area (Å²) >= 11 is 5.92. The van der Waals surface area contributed by atoms with E-state index in [1.807, 2.05) is 0 Å². The topological polar surface area (TPSA) is 145 Å². The minimum Gasteiger partial charge on any atom is -0.451 e. The first-order valence-electron chi connectivity index (χ1n) is 8.95. The van der Waals surface area contributed by atoms with E-state index < -0.39 is 39.0 Å². The summed E-state index contributed by atoms with van der Waals surface area (Å²) in [7, 11) is -3.98. The molecule has 166 valence electrons. The third-order valence-corrected chi connectivity index (χ3v) is 5.98. The molecule has 0 radical (unpaired) electrons.